The topological polar surface area (TPSA) is 71.1 Å². The van der Waals surface area contributed by atoms with Gasteiger partial charge in [0.15, 0.2) is 0 Å². The Morgan fingerprint density at radius 3 is 1.38 bits per heavy atom. The van der Waals surface area contributed by atoms with Gasteiger partial charge in [0.05, 0.1) is 13.2 Å². The van der Waals surface area contributed by atoms with Gasteiger partial charge in [-0.3, -0.25) is 0 Å². The van der Waals surface area contributed by atoms with Crippen molar-refractivity contribution in [2.24, 2.45) is 0 Å². The number of hydrogen-bond donors (Lipinski definition) is 0. The molecule has 130 valence electrons. The SMILES string of the molecule is O=[PH](OCCCCO[PH](=O)Oc1ccccc1)Oc1ccccc1. The molecule has 0 saturated carbocycles. The third-order valence-electron chi connectivity index (χ3n) is 2.87. The second-order valence-electron chi connectivity index (χ2n) is 4.73. The third-order valence-corrected chi connectivity index (χ3v) is 4.55. The molecule has 2 aromatic carbocycles. The lowest BCUT2D eigenvalue weighted by Crippen LogP contribution is -1.95. The van der Waals surface area contributed by atoms with Crippen LogP contribution in [0.4, 0.5) is 0 Å². The molecule has 0 N–H and O–H groups in total. The van der Waals surface area contributed by atoms with Crippen molar-refractivity contribution in [2.75, 3.05) is 13.2 Å². The fraction of sp³-hybridized carbons (Fsp3) is 0.250. The number of hydrogen-bond acceptors (Lipinski definition) is 6. The molecule has 0 radical (unpaired) electrons. The average molecular weight is 370 g/mol. The van der Waals surface area contributed by atoms with Crippen molar-refractivity contribution in [1.29, 1.82) is 0 Å². The summed E-state index contributed by atoms with van der Waals surface area (Å²) < 4.78 is 43.7. The largest absolute Gasteiger partial charge is 0.426 e. The van der Waals surface area contributed by atoms with Gasteiger partial charge >= 0.3 is 16.5 Å². The molecule has 6 nitrogen and oxygen atoms in total. The molecule has 24 heavy (non-hydrogen) atoms. The van der Waals surface area contributed by atoms with E-state index in [1.807, 2.05) is 12.1 Å². The van der Waals surface area contributed by atoms with Gasteiger partial charge in [-0.05, 0) is 37.1 Å². The maximum atomic E-state index is 11.6. The molecule has 2 atom stereocenters. The van der Waals surface area contributed by atoms with Crippen LogP contribution in [0.3, 0.4) is 0 Å². The van der Waals surface area contributed by atoms with Crippen LogP contribution in [0, 0.1) is 0 Å². The van der Waals surface area contributed by atoms with Crippen LogP contribution in [0.2, 0.25) is 0 Å². The minimum absolute atomic E-state index is 0.286. The van der Waals surface area contributed by atoms with Crippen molar-refractivity contribution in [3.05, 3.63) is 60.7 Å². The molecule has 2 aromatic rings. The monoisotopic (exact) mass is 370 g/mol. The first-order valence-electron chi connectivity index (χ1n) is 7.53. The van der Waals surface area contributed by atoms with Crippen molar-refractivity contribution in [3.63, 3.8) is 0 Å². The number of para-hydroxylation sites is 2. The van der Waals surface area contributed by atoms with Gasteiger partial charge < -0.3 is 18.1 Å². The van der Waals surface area contributed by atoms with Crippen LogP contribution in [0.1, 0.15) is 12.8 Å². The lowest BCUT2D eigenvalue weighted by atomic mass is 10.3. The Morgan fingerprint density at radius 1 is 0.625 bits per heavy atom. The van der Waals surface area contributed by atoms with Crippen LogP contribution in [0.5, 0.6) is 11.5 Å². The van der Waals surface area contributed by atoms with Crippen molar-refractivity contribution < 1.29 is 27.2 Å². The molecule has 0 saturated heterocycles. The van der Waals surface area contributed by atoms with Crippen LogP contribution < -0.4 is 9.05 Å². The zero-order chi connectivity index (χ0) is 17.0. The molecule has 0 bridgehead atoms. The fourth-order valence-corrected chi connectivity index (χ4v) is 3.14. The van der Waals surface area contributed by atoms with Gasteiger partial charge in [-0.2, -0.15) is 0 Å². The molecule has 2 rings (SSSR count). The Bertz CT molecular complexity index is 578. The molecular weight excluding hydrogens is 350 g/mol. The quantitative estimate of drug-likeness (QED) is 0.420. The summed E-state index contributed by atoms with van der Waals surface area (Å²) in [5.41, 5.74) is 0. The first kappa shape index (κ1) is 18.8. The molecule has 0 amide bonds. The zero-order valence-electron chi connectivity index (χ0n) is 13.1. The second-order valence-corrected chi connectivity index (χ2v) is 6.72. The summed E-state index contributed by atoms with van der Waals surface area (Å²) in [6.45, 7) is 0.572. The molecule has 0 spiro atoms. The molecule has 0 aliphatic carbocycles. The minimum Gasteiger partial charge on any atom is -0.426 e. The van der Waals surface area contributed by atoms with Gasteiger partial charge in [0, 0.05) is 0 Å². The lowest BCUT2D eigenvalue weighted by Gasteiger charge is -2.08. The van der Waals surface area contributed by atoms with Gasteiger partial charge in [-0.1, -0.05) is 36.4 Å². The Labute approximate surface area is 142 Å². The number of benzene rings is 2. The fourth-order valence-electron chi connectivity index (χ4n) is 1.74. The maximum Gasteiger partial charge on any atom is 0.367 e. The maximum absolute atomic E-state index is 11.6. The molecule has 8 heteroatoms. The van der Waals surface area contributed by atoms with Crippen molar-refractivity contribution in [3.8, 4) is 11.5 Å². The van der Waals surface area contributed by atoms with E-state index in [0.717, 1.165) is 0 Å². The predicted octanol–water partition coefficient (Wildman–Crippen LogP) is 4.74. The Morgan fingerprint density at radius 2 is 1.00 bits per heavy atom. The van der Waals surface area contributed by atoms with E-state index < -0.39 is 16.5 Å². The van der Waals surface area contributed by atoms with Gasteiger partial charge in [-0.25, -0.2) is 9.13 Å². The first-order valence-corrected chi connectivity index (χ1v) is 9.98. The molecule has 0 aliphatic heterocycles. The molecule has 0 aromatic heterocycles. The second kappa shape index (κ2) is 11.1. The van der Waals surface area contributed by atoms with Gasteiger partial charge in [0.1, 0.15) is 11.5 Å². The van der Waals surface area contributed by atoms with Crippen molar-refractivity contribution in [2.45, 2.75) is 12.8 Å². The highest BCUT2D eigenvalue weighted by molar-refractivity contribution is 7.34. The van der Waals surface area contributed by atoms with E-state index in [9.17, 15) is 9.13 Å². The highest BCUT2D eigenvalue weighted by Crippen LogP contribution is 2.29. The van der Waals surface area contributed by atoms with Crippen LogP contribution in [-0.4, -0.2) is 13.2 Å². The Balaban J connectivity index is 1.50. The number of unbranched alkanes of at least 4 members (excludes halogenated alkanes) is 1. The van der Waals surface area contributed by atoms with Gasteiger partial charge in [0.2, 0.25) is 0 Å². The molecule has 2 unspecified atom stereocenters. The highest BCUT2D eigenvalue weighted by Gasteiger charge is 2.03. The first-order chi connectivity index (χ1) is 11.7. The van der Waals surface area contributed by atoms with E-state index in [2.05, 4.69) is 0 Å². The zero-order valence-corrected chi connectivity index (χ0v) is 15.1. The average Bonchev–Trinajstić information content (AvgIpc) is 2.60. The number of rotatable bonds is 11. The van der Waals surface area contributed by atoms with Gasteiger partial charge in [0.25, 0.3) is 0 Å². The Hall–Kier alpha value is -1.58. The smallest absolute Gasteiger partial charge is 0.367 e. The van der Waals surface area contributed by atoms with E-state index in [4.69, 9.17) is 18.1 Å². The molecule has 0 heterocycles. The summed E-state index contributed by atoms with van der Waals surface area (Å²) in [4.78, 5) is 0. The summed E-state index contributed by atoms with van der Waals surface area (Å²) in [6, 6.07) is 17.7. The lowest BCUT2D eigenvalue weighted by molar-refractivity contribution is 0.246. The van der Waals surface area contributed by atoms with E-state index in [-0.39, 0.29) is 13.2 Å². The summed E-state index contributed by atoms with van der Waals surface area (Å²) in [5.74, 6) is 1.03. The van der Waals surface area contributed by atoms with Crippen LogP contribution >= 0.6 is 16.5 Å². The molecule has 0 aliphatic rings. The summed E-state index contributed by atoms with van der Waals surface area (Å²) in [5, 5.41) is 0. The van der Waals surface area contributed by atoms with E-state index in [1.165, 1.54) is 0 Å². The van der Waals surface area contributed by atoms with Crippen molar-refractivity contribution in [1.82, 2.24) is 0 Å². The summed E-state index contributed by atoms with van der Waals surface area (Å²) >= 11 is 0. The Kier molecular flexibility index (Phi) is 8.64. The van der Waals surface area contributed by atoms with E-state index >= 15 is 0 Å². The van der Waals surface area contributed by atoms with Crippen LogP contribution in [-0.2, 0) is 18.2 Å². The summed E-state index contributed by atoms with van der Waals surface area (Å²) in [6.07, 6.45) is 1.24. The van der Waals surface area contributed by atoms with Crippen LogP contribution in [0.15, 0.2) is 60.7 Å². The third kappa shape index (κ3) is 7.80. The normalized spacial score (nSPS) is 13.2. The van der Waals surface area contributed by atoms with E-state index in [1.54, 1.807) is 48.5 Å². The highest BCUT2D eigenvalue weighted by atomic mass is 31.1. The van der Waals surface area contributed by atoms with Gasteiger partial charge in [-0.15, -0.1) is 0 Å². The van der Waals surface area contributed by atoms with E-state index in [0.29, 0.717) is 24.3 Å². The molecular formula is C16H20O6P2. The molecule has 0 fully saturated rings. The standard InChI is InChI=1S/C16H20O6P2/c17-23(21-15-9-3-1-4-10-15)19-13-7-8-14-20-24(18)22-16-11-5-2-6-12-16/h1-6,9-12,23-24H,7-8,13-14H2. The van der Waals surface area contributed by atoms with Crippen LogP contribution in [0.25, 0.3) is 0 Å². The predicted molar refractivity (Wildman–Crippen MR) is 93.3 cm³/mol. The van der Waals surface area contributed by atoms with Crippen molar-refractivity contribution >= 4 is 16.5 Å². The minimum atomic E-state index is -2.56. The summed E-state index contributed by atoms with van der Waals surface area (Å²) in [7, 11) is -5.11.